The van der Waals surface area contributed by atoms with Crippen molar-refractivity contribution in [1.82, 2.24) is 10.1 Å². The fraction of sp³-hybridized carbons (Fsp3) is 0.385. The van der Waals surface area contributed by atoms with E-state index in [-0.39, 0.29) is 0 Å². The van der Waals surface area contributed by atoms with Crippen molar-refractivity contribution in [3.63, 3.8) is 0 Å². The molecule has 6 nitrogen and oxygen atoms in total. The first-order chi connectivity index (χ1) is 9.40. The average molecular weight is 294 g/mol. The Morgan fingerprint density at radius 1 is 1.40 bits per heavy atom. The molecule has 0 saturated carbocycles. The number of nitrogens with two attached hydrogens (primary N) is 2. The van der Waals surface area contributed by atoms with E-state index in [1.807, 2.05) is 26.0 Å². The van der Waals surface area contributed by atoms with E-state index in [1.54, 1.807) is 13.2 Å². The highest BCUT2D eigenvalue weighted by atomic mass is 32.2. The van der Waals surface area contributed by atoms with E-state index < -0.39 is 5.54 Å². The van der Waals surface area contributed by atoms with Crippen LogP contribution in [0, 0.1) is 0 Å². The van der Waals surface area contributed by atoms with Crippen molar-refractivity contribution in [2.75, 3.05) is 12.8 Å². The lowest BCUT2D eigenvalue weighted by Crippen LogP contribution is -2.30. The number of ether oxygens (including phenoxy) is 1. The molecule has 0 aliphatic rings. The predicted molar refractivity (Wildman–Crippen MR) is 78.5 cm³/mol. The fourth-order valence-corrected chi connectivity index (χ4v) is 2.36. The lowest BCUT2D eigenvalue weighted by atomic mass is 10.1. The van der Waals surface area contributed by atoms with Crippen LogP contribution in [0.15, 0.2) is 27.6 Å². The number of hydrogen-bond acceptors (Lipinski definition) is 7. The Bertz CT molecular complexity index is 592. The molecule has 0 aliphatic carbocycles. The summed E-state index contributed by atoms with van der Waals surface area (Å²) >= 11 is 1.54. The van der Waals surface area contributed by atoms with Crippen LogP contribution in [-0.2, 0) is 11.3 Å². The molecule has 0 aliphatic heterocycles. The van der Waals surface area contributed by atoms with Crippen LogP contribution in [0.1, 0.15) is 25.6 Å². The zero-order valence-corrected chi connectivity index (χ0v) is 12.5. The van der Waals surface area contributed by atoms with Gasteiger partial charge < -0.3 is 20.7 Å². The van der Waals surface area contributed by atoms with E-state index in [2.05, 4.69) is 10.1 Å². The normalized spacial score (nSPS) is 11.6. The first kappa shape index (κ1) is 14.7. The molecule has 1 aromatic carbocycles. The number of nitrogen functional groups attached to an aromatic ring is 1. The molecule has 1 aromatic heterocycles. The van der Waals surface area contributed by atoms with Gasteiger partial charge in [-0.15, -0.1) is 11.8 Å². The Hall–Kier alpha value is -1.73. The van der Waals surface area contributed by atoms with Crippen molar-refractivity contribution >= 4 is 17.4 Å². The van der Waals surface area contributed by atoms with E-state index in [0.29, 0.717) is 23.2 Å². The van der Waals surface area contributed by atoms with E-state index in [0.717, 1.165) is 10.6 Å². The highest BCUT2D eigenvalue weighted by Crippen LogP contribution is 2.32. The van der Waals surface area contributed by atoms with Gasteiger partial charge in [0, 0.05) is 16.6 Å². The maximum atomic E-state index is 5.91. The largest absolute Gasteiger partial charge is 0.496 e. The minimum Gasteiger partial charge on any atom is -0.496 e. The predicted octanol–water partition coefficient (Wildman–Crippen LogP) is 2.15. The maximum Gasteiger partial charge on any atom is 0.237 e. The average Bonchev–Trinajstić information content (AvgIpc) is 2.86. The van der Waals surface area contributed by atoms with Gasteiger partial charge in [0.2, 0.25) is 5.89 Å². The van der Waals surface area contributed by atoms with Crippen molar-refractivity contribution in [3.8, 4) is 5.75 Å². The van der Waals surface area contributed by atoms with Crippen molar-refractivity contribution in [2.45, 2.75) is 30.0 Å². The highest BCUT2D eigenvalue weighted by Gasteiger charge is 2.21. The van der Waals surface area contributed by atoms with Crippen LogP contribution in [0.5, 0.6) is 5.75 Å². The van der Waals surface area contributed by atoms with Crippen molar-refractivity contribution in [3.05, 3.63) is 29.9 Å². The number of aromatic nitrogens is 2. The van der Waals surface area contributed by atoms with Crippen molar-refractivity contribution in [1.29, 1.82) is 0 Å². The molecular weight excluding hydrogens is 276 g/mol. The van der Waals surface area contributed by atoms with Gasteiger partial charge in [-0.3, -0.25) is 0 Å². The van der Waals surface area contributed by atoms with Crippen LogP contribution in [0.4, 0.5) is 5.69 Å². The van der Waals surface area contributed by atoms with Gasteiger partial charge in [0.15, 0.2) is 5.82 Å². The van der Waals surface area contributed by atoms with Gasteiger partial charge in [0.05, 0.1) is 18.4 Å². The van der Waals surface area contributed by atoms with Crippen LogP contribution in [0.25, 0.3) is 0 Å². The summed E-state index contributed by atoms with van der Waals surface area (Å²) in [6, 6.07) is 5.51. The summed E-state index contributed by atoms with van der Waals surface area (Å²) in [6.07, 6.45) is 0. The Labute approximate surface area is 121 Å². The van der Waals surface area contributed by atoms with E-state index in [4.69, 9.17) is 20.7 Å². The third kappa shape index (κ3) is 3.43. The summed E-state index contributed by atoms with van der Waals surface area (Å²) in [4.78, 5) is 5.25. The summed E-state index contributed by atoms with van der Waals surface area (Å²) in [5, 5.41) is 3.88. The van der Waals surface area contributed by atoms with Crippen LogP contribution < -0.4 is 16.2 Å². The third-order valence-electron chi connectivity index (χ3n) is 2.58. The second kappa shape index (κ2) is 5.72. The first-order valence-electron chi connectivity index (χ1n) is 6.08. The van der Waals surface area contributed by atoms with Crippen LogP contribution >= 0.6 is 11.8 Å². The number of methoxy groups -OCH3 is 1. The van der Waals surface area contributed by atoms with Gasteiger partial charge in [-0.1, -0.05) is 5.16 Å². The number of rotatable bonds is 5. The molecule has 2 aromatic rings. The van der Waals surface area contributed by atoms with Crippen LogP contribution in [0.2, 0.25) is 0 Å². The minimum absolute atomic E-state index is 0.498. The summed E-state index contributed by atoms with van der Waals surface area (Å²) in [7, 11) is 1.61. The summed E-state index contributed by atoms with van der Waals surface area (Å²) < 4.78 is 10.5. The maximum absolute atomic E-state index is 5.91. The molecule has 20 heavy (non-hydrogen) atoms. The molecule has 0 spiro atoms. The second-order valence-electron chi connectivity index (χ2n) is 4.93. The van der Waals surface area contributed by atoms with Gasteiger partial charge in [0.1, 0.15) is 5.75 Å². The van der Waals surface area contributed by atoms with Gasteiger partial charge >= 0.3 is 0 Å². The first-order valence-corrected chi connectivity index (χ1v) is 7.07. The molecule has 4 N–H and O–H groups in total. The minimum atomic E-state index is -0.606. The van der Waals surface area contributed by atoms with Crippen LogP contribution in [0.3, 0.4) is 0 Å². The smallest absolute Gasteiger partial charge is 0.237 e. The SMILES string of the molecule is COc1cc(N)ccc1SCc1nc(C(C)(C)N)no1. The van der Waals surface area contributed by atoms with Crippen molar-refractivity contribution < 1.29 is 9.26 Å². The molecule has 0 unspecified atom stereocenters. The molecule has 1 heterocycles. The van der Waals surface area contributed by atoms with Gasteiger partial charge in [-0.2, -0.15) is 4.98 Å². The molecule has 0 amide bonds. The Morgan fingerprint density at radius 2 is 2.15 bits per heavy atom. The lowest BCUT2D eigenvalue weighted by Gasteiger charge is -2.11. The van der Waals surface area contributed by atoms with Gasteiger partial charge in [0.25, 0.3) is 0 Å². The summed E-state index contributed by atoms with van der Waals surface area (Å²) in [6.45, 7) is 3.66. The Balaban J connectivity index is 2.07. The quantitative estimate of drug-likeness (QED) is 0.643. The van der Waals surface area contributed by atoms with E-state index in [1.165, 1.54) is 11.8 Å². The Kier molecular flexibility index (Phi) is 4.20. The number of nitrogens with zero attached hydrogens (tertiary/aromatic N) is 2. The topological polar surface area (TPSA) is 100 Å². The molecule has 7 heteroatoms. The molecule has 0 atom stereocenters. The second-order valence-corrected chi connectivity index (χ2v) is 5.95. The molecule has 0 bridgehead atoms. The molecule has 0 radical (unpaired) electrons. The molecule has 0 saturated heterocycles. The molecule has 0 fully saturated rings. The Morgan fingerprint density at radius 3 is 2.75 bits per heavy atom. The summed E-state index contributed by atoms with van der Waals surface area (Å²) in [5.41, 5.74) is 11.7. The zero-order valence-electron chi connectivity index (χ0n) is 11.7. The number of anilines is 1. The molecule has 2 rings (SSSR count). The number of hydrogen-bond donors (Lipinski definition) is 2. The van der Waals surface area contributed by atoms with Crippen LogP contribution in [-0.4, -0.2) is 17.3 Å². The highest BCUT2D eigenvalue weighted by molar-refractivity contribution is 7.98. The van der Waals surface area contributed by atoms with Gasteiger partial charge in [-0.25, -0.2) is 0 Å². The molecule has 108 valence electrons. The van der Waals surface area contributed by atoms with Gasteiger partial charge in [-0.05, 0) is 26.0 Å². The fourth-order valence-electron chi connectivity index (χ4n) is 1.52. The van der Waals surface area contributed by atoms with Crippen molar-refractivity contribution in [2.24, 2.45) is 5.73 Å². The third-order valence-corrected chi connectivity index (χ3v) is 3.62. The molecular formula is C13H18N4O2S. The summed E-state index contributed by atoms with van der Waals surface area (Å²) in [5.74, 6) is 2.30. The van der Waals surface area contributed by atoms with E-state index in [9.17, 15) is 0 Å². The lowest BCUT2D eigenvalue weighted by molar-refractivity contribution is 0.369. The van der Waals surface area contributed by atoms with E-state index >= 15 is 0 Å². The zero-order chi connectivity index (χ0) is 14.8. The number of thioether (sulfide) groups is 1. The number of benzene rings is 1. The standard InChI is InChI=1S/C13H18N4O2S/c1-13(2,15)12-16-11(19-17-12)7-20-10-5-4-8(14)6-9(10)18-3/h4-6H,7,14-15H2,1-3H3. The monoisotopic (exact) mass is 294 g/mol.